The number of fused-ring (bicyclic) bond motifs is 1. The quantitative estimate of drug-likeness (QED) is 0.336. The van der Waals surface area contributed by atoms with E-state index in [-0.39, 0.29) is 23.7 Å². The zero-order valence-electron chi connectivity index (χ0n) is 19.8. The van der Waals surface area contributed by atoms with Gasteiger partial charge < -0.3 is 14.6 Å². The number of anilines is 1. The normalized spacial score (nSPS) is 13.1. The first-order valence-electron chi connectivity index (χ1n) is 11.6. The van der Waals surface area contributed by atoms with E-state index < -0.39 is 0 Å². The molecule has 0 saturated heterocycles. The lowest BCUT2D eigenvalue weighted by atomic mass is 9.95. The first-order valence-corrected chi connectivity index (χ1v) is 13.4. The Bertz CT molecular complexity index is 1150. The first kappa shape index (κ1) is 24.5. The van der Waals surface area contributed by atoms with Crippen molar-refractivity contribution in [3.63, 3.8) is 0 Å². The number of carbonyl (C=O) groups excluding carboxylic acids is 2. The van der Waals surface area contributed by atoms with Crippen LogP contribution in [0.15, 0.2) is 35.5 Å². The largest absolute Gasteiger partial charge is 0.459 e. The second-order valence-corrected chi connectivity index (χ2v) is 10.7. The monoisotopic (exact) mass is 498 g/mol. The molecule has 0 atom stereocenters. The summed E-state index contributed by atoms with van der Waals surface area (Å²) in [6, 6.07) is 10.3. The van der Waals surface area contributed by atoms with E-state index in [4.69, 9.17) is 4.74 Å². The molecule has 180 valence electrons. The van der Waals surface area contributed by atoms with Gasteiger partial charge in [0.2, 0.25) is 5.91 Å². The van der Waals surface area contributed by atoms with Crippen LogP contribution >= 0.6 is 23.1 Å². The molecule has 4 rings (SSSR count). The summed E-state index contributed by atoms with van der Waals surface area (Å²) >= 11 is 2.85. The van der Waals surface area contributed by atoms with E-state index in [1.807, 2.05) is 43.7 Å². The van der Waals surface area contributed by atoms with Gasteiger partial charge in [-0.1, -0.05) is 42.1 Å². The summed E-state index contributed by atoms with van der Waals surface area (Å²) in [6.07, 6.45) is 5.40. The lowest BCUT2D eigenvalue weighted by Gasteiger charge is -2.14. The second-order valence-electron chi connectivity index (χ2n) is 8.65. The lowest BCUT2D eigenvalue weighted by molar-refractivity contribution is -0.113. The molecular weight excluding hydrogens is 468 g/mol. The first-order chi connectivity index (χ1) is 16.4. The summed E-state index contributed by atoms with van der Waals surface area (Å²) in [5.74, 6) is 0.549. The van der Waals surface area contributed by atoms with Gasteiger partial charge in [0.05, 0.1) is 17.4 Å². The molecule has 0 radical (unpaired) electrons. The smallest absolute Gasteiger partial charge is 0.341 e. The minimum atomic E-state index is -0.353. The van der Waals surface area contributed by atoms with Crippen molar-refractivity contribution in [2.75, 3.05) is 11.1 Å². The highest BCUT2D eigenvalue weighted by atomic mass is 32.2. The van der Waals surface area contributed by atoms with E-state index >= 15 is 0 Å². The number of ether oxygens (including phenoxy) is 1. The summed E-state index contributed by atoms with van der Waals surface area (Å²) < 4.78 is 7.42. The zero-order valence-corrected chi connectivity index (χ0v) is 21.4. The van der Waals surface area contributed by atoms with E-state index in [2.05, 4.69) is 27.6 Å². The van der Waals surface area contributed by atoms with Crippen molar-refractivity contribution in [1.82, 2.24) is 14.8 Å². The Morgan fingerprint density at radius 2 is 1.91 bits per heavy atom. The molecule has 0 spiro atoms. The standard InChI is InChI=1S/C25H30N4O3S2/c1-16(2)32-24(31)22-18-11-7-8-12-19(18)34-23(22)26-21(30)15-33-25-28-27-20(29(25)3)14-13-17-9-5-4-6-10-17/h4-6,9-10,16H,7-8,11-15H2,1-3H3,(H,26,30). The molecule has 1 amide bonds. The highest BCUT2D eigenvalue weighted by Crippen LogP contribution is 2.39. The van der Waals surface area contributed by atoms with Crippen LogP contribution in [0.25, 0.3) is 0 Å². The van der Waals surface area contributed by atoms with Crippen LogP contribution in [0.2, 0.25) is 0 Å². The molecule has 2 aromatic heterocycles. The Labute approximate surface area is 208 Å². The number of thioether (sulfide) groups is 1. The predicted octanol–water partition coefficient (Wildman–Crippen LogP) is 4.84. The van der Waals surface area contributed by atoms with E-state index in [1.165, 1.54) is 33.5 Å². The average Bonchev–Trinajstić information content (AvgIpc) is 3.36. The zero-order chi connectivity index (χ0) is 24.1. The number of benzene rings is 1. The van der Waals surface area contributed by atoms with E-state index in [1.54, 1.807) is 0 Å². The number of thiophene rings is 1. The molecule has 0 unspecified atom stereocenters. The molecule has 0 fully saturated rings. The van der Waals surface area contributed by atoms with Crippen LogP contribution in [0.3, 0.4) is 0 Å². The van der Waals surface area contributed by atoms with Crippen LogP contribution in [0.4, 0.5) is 5.00 Å². The Hall–Kier alpha value is -2.65. The van der Waals surface area contributed by atoms with E-state index in [0.717, 1.165) is 49.9 Å². The number of carbonyl (C=O) groups is 2. The number of hydrogen-bond acceptors (Lipinski definition) is 7. The molecule has 1 N–H and O–H groups in total. The maximum Gasteiger partial charge on any atom is 0.341 e. The van der Waals surface area contributed by atoms with Crippen molar-refractivity contribution in [2.45, 2.75) is 63.6 Å². The van der Waals surface area contributed by atoms with Gasteiger partial charge in [-0.2, -0.15) is 0 Å². The van der Waals surface area contributed by atoms with Gasteiger partial charge in [-0.3, -0.25) is 4.79 Å². The fraction of sp³-hybridized carbons (Fsp3) is 0.440. The molecule has 1 aliphatic carbocycles. The Morgan fingerprint density at radius 1 is 1.15 bits per heavy atom. The number of nitrogens with zero attached hydrogens (tertiary/aromatic N) is 3. The number of aromatic nitrogens is 3. The number of aryl methyl sites for hydroxylation is 3. The topological polar surface area (TPSA) is 86.1 Å². The minimum Gasteiger partial charge on any atom is -0.459 e. The molecule has 0 bridgehead atoms. The van der Waals surface area contributed by atoms with Crippen molar-refractivity contribution in [3.8, 4) is 0 Å². The summed E-state index contributed by atoms with van der Waals surface area (Å²) in [5.41, 5.74) is 2.83. The maximum atomic E-state index is 12.8. The Balaban J connectivity index is 1.38. The van der Waals surface area contributed by atoms with Crippen LogP contribution in [-0.4, -0.2) is 38.5 Å². The van der Waals surface area contributed by atoms with Gasteiger partial charge in [0.1, 0.15) is 10.8 Å². The van der Waals surface area contributed by atoms with Crippen molar-refractivity contribution in [1.29, 1.82) is 0 Å². The third-order valence-corrected chi connectivity index (χ3v) is 7.94. The van der Waals surface area contributed by atoms with Crippen molar-refractivity contribution in [2.24, 2.45) is 7.05 Å². The molecule has 2 heterocycles. The lowest BCUT2D eigenvalue weighted by Crippen LogP contribution is -2.19. The third-order valence-electron chi connectivity index (χ3n) is 5.71. The van der Waals surface area contributed by atoms with Gasteiger partial charge in [-0.15, -0.1) is 21.5 Å². The van der Waals surface area contributed by atoms with E-state index in [9.17, 15) is 9.59 Å². The molecule has 0 saturated carbocycles. The molecule has 3 aromatic rings. The molecule has 7 nitrogen and oxygen atoms in total. The Morgan fingerprint density at radius 3 is 2.68 bits per heavy atom. The van der Waals surface area contributed by atoms with Gasteiger partial charge in [0, 0.05) is 18.3 Å². The van der Waals surface area contributed by atoms with Crippen LogP contribution in [-0.2, 0) is 42.3 Å². The van der Waals surface area contributed by atoms with Crippen LogP contribution < -0.4 is 5.32 Å². The fourth-order valence-corrected chi connectivity index (χ4v) is 6.05. The number of hydrogen-bond donors (Lipinski definition) is 1. The maximum absolute atomic E-state index is 12.8. The predicted molar refractivity (Wildman–Crippen MR) is 136 cm³/mol. The Kier molecular flexibility index (Phi) is 8.05. The SMILES string of the molecule is CC(C)OC(=O)c1c(NC(=O)CSc2nnc(CCc3ccccc3)n2C)sc2c1CCCC2. The molecule has 1 aromatic carbocycles. The number of esters is 1. The molecule has 1 aliphatic rings. The molecular formula is C25H30N4O3S2. The van der Waals surface area contributed by atoms with Gasteiger partial charge in [-0.25, -0.2) is 4.79 Å². The summed E-state index contributed by atoms with van der Waals surface area (Å²) in [7, 11) is 1.92. The minimum absolute atomic E-state index is 0.170. The van der Waals surface area contributed by atoms with Crippen molar-refractivity contribution in [3.05, 3.63) is 57.7 Å². The van der Waals surface area contributed by atoms with Crippen molar-refractivity contribution < 1.29 is 14.3 Å². The third kappa shape index (κ3) is 5.88. The van der Waals surface area contributed by atoms with Gasteiger partial charge in [0.15, 0.2) is 5.16 Å². The van der Waals surface area contributed by atoms with Gasteiger partial charge in [-0.05, 0) is 57.1 Å². The summed E-state index contributed by atoms with van der Waals surface area (Å²) in [5, 5.41) is 12.8. The van der Waals surface area contributed by atoms with Crippen molar-refractivity contribution >= 4 is 40.0 Å². The van der Waals surface area contributed by atoms with Crippen LogP contribution in [0.1, 0.15) is 58.9 Å². The number of amides is 1. The van der Waals surface area contributed by atoms with Crippen LogP contribution in [0.5, 0.6) is 0 Å². The average molecular weight is 499 g/mol. The molecule has 9 heteroatoms. The highest BCUT2D eigenvalue weighted by Gasteiger charge is 2.28. The highest BCUT2D eigenvalue weighted by molar-refractivity contribution is 7.99. The van der Waals surface area contributed by atoms with Gasteiger partial charge >= 0.3 is 5.97 Å². The second kappa shape index (κ2) is 11.2. The number of rotatable bonds is 9. The number of nitrogens with one attached hydrogen (secondary N) is 1. The summed E-state index contributed by atoms with van der Waals surface area (Å²) in [6.45, 7) is 3.67. The fourth-order valence-electron chi connectivity index (χ4n) is 4.02. The van der Waals surface area contributed by atoms with Crippen LogP contribution in [0, 0.1) is 0 Å². The molecule has 0 aliphatic heterocycles. The molecule has 34 heavy (non-hydrogen) atoms. The van der Waals surface area contributed by atoms with E-state index in [0.29, 0.717) is 15.7 Å². The van der Waals surface area contributed by atoms with Gasteiger partial charge in [0.25, 0.3) is 0 Å². The summed E-state index contributed by atoms with van der Waals surface area (Å²) in [4.78, 5) is 26.8.